The molecule has 25 heavy (non-hydrogen) atoms. The zero-order valence-corrected chi connectivity index (χ0v) is 16.8. The summed E-state index contributed by atoms with van der Waals surface area (Å²) in [6.45, 7) is 7.52. The van der Waals surface area contributed by atoms with E-state index in [0.717, 1.165) is 47.2 Å². The molecule has 5 heteroatoms. The molecule has 0 saturated heterocycles. The van der Waals surface area contributed by atoms with Gasteiger partial charge in [0.15, 0.2) is 0 Å². The molecule has 0 bridgehead atoms. The van der Waals surface area contributed by atoms with E-state index in [2.05, 4.69) is 26.5 Å². The van der Waals surface area contributed by atoms with Gasteiger partial charge in [0.1, 0.15) is 12.4 Å². The lowest BCUT2D eigenvalue weighted by Crippen LogP contribution is -2.46. The van der Waals surface area contributed by atoms with E-state index < -0.39 is 6.04 Å². The fourth-order valence-corrected chi connectivity index (χ4v) is 2.71. The summed E-state index contributed by atoms with van der Waals surface area (Å²) >= 11 is 0. The quantitative estimate of drug-likeness (QED) is 0.503. The van der Waals surface area contributed by atoms with Gasteiger partial charge in [0.2, 0.25) is 5.91 Å². The number of benzene rings is 1. The molecule has 142 valence electrons. The highest BCUT2D eigenvalue weighted by atomic mass is 16.5. The molecule has 0 heterocycles. The number of carbonyl (C=O) groups excluding carboxylic acids is 1. The standard InChI is InChI=1S/C20H35N3O2/c1-15-10-9-11-16(2)19(15)25-14-17(3)22-20(24)18(21)12-7-8-13-23(4,5)6/h9-11,17-18H,7-8,12-14,21H2,1-6H3/p+1. The van der Waals surface area contributed by atoms with E-state index in [-0.39, 0.29) is 11.9 Å². The van der Waals surface area contributed by atoms with E-state index in [1.54, 1.807) is 0 Å². The van der Waals surface area contributed by atoms with Crippen molar-refractivity contribution in [1.29, 1.82) is 0 Å². The predicted molar refractivity (Wildman–Crippen MR) is 104 cm³/mol. The van der Waals surface area contributed by atoms with Crippen LogP contribution in [0.2, 0.25) is 0 Å². The second-order valence-electron chi connectivity index (χ2n) is 8.06. The highest BCUT2D eigenvalue weighted by molar-refractivity contribution is 5.81. The van der Waals surface area contributed by atoms with Gasteiger partial charge in [0, 0.05) is 0 Å². The van der Waals surface area contributed by atoms with Crippen molar-refractivity contribution in [3.8, 4) is 5.75 Å². The van der Waals surface area contributed by atoms with Gasteiger partial charge in [-0.2, -0.15) is 0 Å². The minimum absolute atomic E-state index is 0.0798. The molecule has 0 aliphatic heterocycles. The number of ether oxygens (including phenoxy) is 1. The average Bonchev–Trinajstić information content (AvgIpc) is 2.49. The number of quaternary nitrogens is 1. The van der Waals surface area contributed by atoms with Crippen LogP contribution in [0.3, 0.4) is 0 Å². The molecule has 1 amide bonds. The maximum absolute atomic E-state index is 12.2. The molecular formula is C20H36N3O2+. The zero-order valence-electron chi connectivity index (χ0n) is 16.8. The molecule has 0 fully saturated rings. The third kappa shape index (κ3) is 8.36. The van der Waals surface area contributed by atoms with Gasteiger partial charge < -0.3 is 20.3 Å². The number of nitrogens with two attached hydrogens (primary N) is 1. The first kappa shape index (κ1) is 21.5. The van der Waals surface area contributed by atoms with E-state index in [1.807, 2.05) is 39.0 Å². The van der Waals surface area contributed by atoms with Gasteiger partial charge >= 0.3 is 0 Å². The molecule has 3 N–H and O–H groups in total. The predicted octanol–water partition coefficient (Wildman–Crippen LogP) is 2.39. The Kier molecular flexibility index (Phi) is 8.39. The minimum atomic E-state index is -0.449. The fraction of sp³-hybridized carbons (Fsp3) is 0.650. The molecule has 0 spiro atoms. The Morgan fingerprint density at radius 3 is 2.36 bits per heavy atom. The maximum atomic E-state index is 12.2. The molecule has 2 unspecified atom stereocenters. The smallest absolute Gasteiger partial charge is 0.237 e. The molecule has 0 aromatic heterocycles. The van der Waals surface area contributed by atoms with Gasteiger partial charge in [0.25, 0.3) is 0 Å². The number of carbonyl (C=O) groups is 1. The second-order valence-corrected chi connectivity index (χ2v) is 8.06. The highest BCUT2D eigenvalue weighted by Crippen LogP contribution is 2.22. The number of hydrogen-bond acceptors (Lipinski definition) is 3. The lowest BCUT2D eigenvalue weighted by atomic mass is 10.1. The van der Waals surface area contributed by atoms with E-state index in [9.17, 15) is 4.79 Å². The molecule has 5 nitrogen and oxygen atoms in total. The summed E-state index contributed by atoms with van der Waals surface area (Å²) in [6, 6.07) is 5.54. The van der Waals surface area contributed by atoms with Crippen LogP contribution >= 0.6 is 0 Å². The second kappa shape index (κ2) is 9.78. The van der Waals surface area contributed by atoms with Crippen molar-refractivity contribution in [3.05, 3.63) is 29.3 Å². The molecule has 1 rings (SSSR count). The van der Waals surface area contributed by atoms with Gasteiger partial charge in [-0.3, -0.25) is 4.79 Å². The van der Waals surface area contributed by atoms with Crippen molar-refractivity contribution in [2.45, 2.75) is 52.1 Å². The first-order valence-electron chi connectivity index (χ1n) is 9.15. The molecule has 1 aromatic carbocycles. The molecule has 2 atom stereocenters. The number of aryl methyl sites for hydroxylation is 2. The van der Waals surface area contributed by atoms with Crippen LogP contribution in [0.5, 0.6) is 5.75 Å². The lowest BCUT2D eigenvalue weighted by Gasteiger charge is -2.24. The SMILES string of the molecule is Cc1cccc(C)c1OCC(C)NC(=O)C(N)CCCC[N+](C)(C)C. The van der Waals surface area contributed by atoms with Crippen LogP contribution in [0.25, 0.3) is 0 Å². The van der Waals surface area contributed by atoms with E-state index in [4.69, 9.17) is 10.5 Å². The number of hydrogen-bond donors (Lipinski definition) is 2. The van der Waals surface area contributed by atoms with E-state index >= 15 is 0 Å². The summed E-state index contributed by atoms with van der Waals surface area (Å²) < 4.78 is 6.83. The van der Waals surface area contributed by atoms with Crippen LogP contribution in [0.4, 0.5) is 0 Å². The van der Waals surface area contributed by atoms with Crippen molar-refractivity contribution in [1.82, 2.24) is 5.32 Å². The first-order chi connectivity index (χ1) is 11.6. The lowest BCUT2D eigenvalue weighted by molar-refractivity contribution is -0.870. The molecular weight excluding hydrogens is 314 g/mol. The average molecular weight is 351 g/mol. The summed E-state index contributed by atoms with van der Waals surface area (Å²) in [7, 11) is 6.51. The Morgan fingerprint density at radius 2 is 1.80 bits per heavy atom. The molecule has 0 aliphatic rings. The van der Waals surface area contributed by atoms with Crippen molar-refractivity contribution in [2.24, 2.45) is 5.73 Å². The zero-order chi connectivity index (χ0) is 19.0. The van der Waals surface area contributed by atoms with Crippen LogP contribution in [-0.2, 0) is 4.79 Å². The number of rotatable bonds is 10. The van der Waals surface area contributed by atoms with Gasteiger partial charge in [-0.25, -0.2) is 0 Å². The van der Waals surface area contributed by atoms with E-state index in [0.29, 0.717) is 6.61 Å². The Morgan fingerprint density at radius 1 is 1.20 bits per heavy atom. The van der Waals surface area contributed by atoms with E-state index in [1.165, 1.54) is 0 Å². The normalized spacial score (nSPS) is 14.0. The van der Waals surface area contributed by atoms with Crippen molar-refractivity contribution < 1.29 is 14.0 Å². The third-order valence-corrected chi connectivity index (χ3v) is 4.21. The Bertz CT molecular complexity index is 532. The molecule has 0 aliphatic carbocycles. The van der Waals surface area contributed by atoms with Crippen molar-refractivity contribution >= 4 is 5.91 Å². The third-order valence-electron chi connectivity index (χ3n) is 4.21. The topological polar surface area (TPSA) is 64.3 Å². The van der Waals surface area contributed by atoms with Crippen molar-refractivity contribution in [2.75, 3.05) is 34.3 Å². The minimum Gasteiger partial charge on any atom is -0.491 e. The number of unbranched alkanes of at least 4 members (excludes halogenated alkanes) is 1. The van der Waals surface area contributed by atoms with Crippen molar-refractivity contribution in [3.63, 3.8) is 0 Å². The van der Waals surface area contributed by atoms with Crippen LogP contribution in [0, 0.1) is 13.8 Å². The Hall–Kier alpha value is -1.59. The monoisotopic (exact) mass is 350 g/mol. The summed E-state index contributed by atoms with van der Waals surface area (Å²) in [6.07, 6.45) is 2.77. The summed E-state index contributed by atoms with van der Waals surface area (Å²) in [4.78, 5) is 12.2. The summed E-state index contributed by atoms with van der Waals surface area (Å²) in [5.74, 6) is 0.802. The van der Waals surface area contributed by atoms with Crippen LogP contribution in [0.15, 0.2) is 18.2 Å². The van der Waals surface area contributed by atoms with Crippen LogP contribution in [-0.4, -0.2) is 56.8 Å². The molecule has 0 radical (unpaired) electrons. The number of nitrogens with zero attached hydrogens (tertiary/aromatic N) is 1. The Labute approximate surface area is 153 Å². The van der Waals surface area contributed by atoms with Gasteiger partial charge in [0.05, 0.1) is 39.8 Å². The Balaban J connectivity index is 2.33. The fourth-order valence-electron chi connectivity index (χ4n) is 2.71. The maximum Gasteiger partial charge on any atom is 0.237 e. The van der Waals surface area contributed by atoms with Crippen LogP contribution in [0.1, 0.15) is 37.3 Å². The number of para-hydroxylation sites is 1. The summed E-state index contributed by atoms with van der Waals surface area (Å²) in [5, 5.41) is 2.95. The van der Waals surface area contributed by atoms with Crippen LogP contribution < -0.4 is 15.8 Å². The van der Waals surface area contributed by atoms with Gasteiger partial charge in [-0.1, -0.05) is 18.2 Å². The first-order valence-corrected chi connectivity index (χ1v) is 9.15. The molecule has 1 aromatic rings. The largest absolute Gasteiger partial charge is 0.491 e. The number of amides is 1. The number of nitrogens with one attached hydrogen (secondary N) is 1. The highest BCUT2D eigenvalue weighted by Gasteiger charge is 2.17. The van der Waals surface area contributed by atoms with Gasteiger partial charge in [-0.15, -0.1) is 0 Å². The summed E-state index contributed by atoms with van der Waals surface area (Å²) in [5.41, 5.74) is 8.22. The molecule has 0 saturated carbocycles. The van der Waals surface area contributed by atoms with Gasteiger partial charge in [-0.05, 0) is 51.2 Å².